The SMILES string of the molecule is CN=CN/N=C(\C#N)C(C)=O. The minimum Gasteiger partial charge on any atom is -0.292 e. The van der Waals surface area contributed by atoms with Crippen molar-refractivity contribution in [2.45, 2.75) is 6.92 Å². The molecule has 0 unspecified atom stereocenters. The van der Waals surface area contributed by atoms with Gasteiger partial charge in [-0.15, -0.1) is 0 Å². The van der Waals surface area contributed by atoms with Gasteiger partial charge in [-0.25, -0.2) is 0 Å². The molecule has 0 aliphatic rings. The summed E-state index contributed by atoms with van der Waals surface area (Å²) >= 11 is 0. The summed E-state index contributed by atoms with van der Waals surface area (Å²) in [4.78, 5) is 14.1. The van der Waals surface area contributed by atoms with E-state index in [0.29, 0.717) is 0 Å². The molecule has 58 valence electrons. The number of ketones is 1. The van der Waals surface area contributed by atoms with Crippen LogP contribution in [0.25, 0.3) is 0 Å². The lowest BCUT2D eigenvalue weighted by atomic mass is 10.3. The van der Waals surface area contributed by atoms with Crippen LogP contribution in [0.4, 0.5) is 0 Å². The molecular weight excluding hydrogens is 144 g/mol. The maximum absolute atomic E-state index is 10.5. The summed E-state index contributed by atoms with van der Waals surface area (Å²) in [5.41, 5.74) is 2.16. The lowest BCUT2D eigenvalue weighted by molar-refractivity contribution is -0.111. The fraction of sp³-hybridized carbons (Fsp3) is 0.333. The molecule has 0 bridgehead atoms. The summed E-state index contributed by atoms with van der Waals surface area (Å²) in [7, 11) is 1.54. The summed E-state index contributed by atoms with van der Waals surface area (Å²) < 4.78 is 0. The zero-order valence-corrected chi connectivity index (χ0v) is 6.33. The Morgan fingerprint density at radius 3 is 2.73 bits per heavy atom. The van der Waals surface area contributed by atoms with E-state index in [2.05, 4.69) is 15.5 Å². The molecule has 0 aromatic carbocycles. The van der Waals surface area contributed by atoms with E-state index in [1.54, 1.807) is 13.1 Å². The van der Waals surface area contributed by atoms with Crippen molar-refractivity contribution in [1.82, 2.24) is 5.43 Å². The molecule has 0 spiro atoms. The van der Waals surface area contributed by atoms with E-state index in [1.807, 2.05) is 0 Å². The highest BCUT2D eigenvalue weighted by atomic mass is 16.1. The molecule has 5 nitrogen and oxygen atoms in total. The van der Waals surface area contributed by atoms with E-state index in [1.165, 1.54) is 13.3 Å². The Labute approximate surface area is 64.4 Å². The number of nitrogens with zero attached hydrogens (tertiary/aromatic N) is 3. The van der Waals surface area contributed by atoms with Gasteiger partial charge in [0.25, 0.3) is 0 Å². The topological polar surface area (TPSA) is 77.6 Å². The van der Waals surface area contributed by atoms with Gasteiger partial charge in [0.15, 0.2) is 5.78 Å². The Morgan fingerprint density at radius 2 is 2.36 bits per heavy atom. The smallest absolute Gasteiger partial charge is 0.203 e. The highest BCUT2D eigenvalue weighted by molar-refractivity contribution is 6.45. The largest absolute Gasteiger partial charge is 0.292 e. The van der Waals surface area contributed by atoms with Crippen LogP contribution >= 0.6 is 0 Å². The second-order valence-electron chi connectivity index (χ2n) is 1.64. The molecule has 0 rings (SSSR count). The molecule has 11 heavy (non-hydrogen) atoms. The molecule has 5 heteroatoms. The van der Waals surface area contributed by atoms with E-state index in [4.69, 9.17) is 5.26 Å². The van der Waals surface area contributed by atoms with Gasteiger partial charge in [0.2, 0.25) is 5.71 Å². The average molecular weight is 152 g/mol. The van der Waals surface area contributed by atoms with Gasteiger partial charge in [-0.3, -0.25) is 15.2 Å². The Balaban J connectivity index is 4.16. The summed E-state index contributed by atoms with van der Waals surface area (Å²) in [5, 5.41) is 11.7. The number of carbonyl (C=O) groups is 1. The predicted octanol–water partition coefficient (Wildman–Crippen LogP) is -0.297. The first kappa shape index (κ1) is 9.30. The van der Waals surface area contributed by atoms with Gasteiger partial charge in [-0.1, -0.05) is 0 Å². The van der Waals surface area contributed by atoms with Crippen LogP contribution in [-0.2, 0) is 4.79 Å². The van der Waals surface area contributed by atoms with Crippen molar-refractivity contribution in [3.8, 4) is 6.07 Å². The van der Waals surface area contributed by atoms with E-state index >= 15 is 0 Å². The second-order valence-corrected chi connectivity index (χ2v) is 1.64. The zero-order chi connectivity index (χ0) is 8.69. The van der Waals surface area contributed by atoms with Crippen molar-refractivity contribution in [1.29, 1.82) is 5.26 Å². The molecule has 0 heterocycles. The molecule has 0 atom stereocenters. The molecule has 0 radical (unpaired) electrons. The van der Waals surface area contributed by atoms with Gasteiger partial charge in [0.1, 0.15) is 12.4 Å². The summed E-state index contributed by atoms with van der Waals surface area (Å²) in [5.74, 6) is -0.371. The quantitative estimate of drug-likeness (QED) is 0.342. The van der Waals surface area contributed by atoms with E-state index in [9.17, 15) is 4.79 Å². The van der Waals surface area contributed by atoms with E-state index in [-0.39, 0.29) is 11.5 Å². The van der Waals surface area contributed by atoms with Gasteiger partial charge >= 0.3 is 0 Å². The maximum Gasteiger partial charge on any atom is 0.203 e. The predicted molar refractivity (Wildman–Crippen MR) is 41.3 cm³/mol. The second kappa shape index (κ2) is 5.11. The molecule has 0 aromatic rings. The number of rotatable bonds is 3. The van der Waals surface area contributed by atoms with Gasteiger partial charge in [0, 0.05) is 14.0 Å². The molecule has 0 aliphatic carbocycles. The van der Waals surface area contributed by atoms with Gasteiger partial charge < -0.3 is 0 Å². The number of aliphatic imine (C=N–C) groups is 1. The lowest BCUT2D eigenvalue weighted by Gasteiger charge is -1.88. The number of hydrogen-bond acceptors (Lipinski definition) is 4. The fourth-order valence-corrected chi connectivity index (χ4v) is 0.334. The van der Waals surface area contributed by atoms with Crippen LogP contribution in [0.3, 0.4) is 0 Å². The Hall–Kier alpha value is -1.70. The number of nitrogens with one attached hydrogen (secondary N) is 1. The fourth-order valence-electron chi connectivity index (χ4n) is 0.334. The van der Waals surface area contributed by atoms with E-state index < -0.39 is 0 Å². The van der Waals surface area contributed by atoms with Crippen molar-refractivity contribution >= 4 is 17.8 Å². The van der Waals surface area contributed by atoms with Crippen molar-refractivity contribution in [2.75, 3.05) is 7.05 Å². The third-order valence-corrected chi connectivity index (χ3v) is 0.803. The highest BCUT2D eigenvalue weighted by Gasteiger charge is 2.01. The molecule has 1 N–H and O–H groups in total. The molecule has 0 aromatic heterocycles. The summed E-state index contributed by atoms with van der Waals surface area (Å²) in [6.07, 6.45) is 1.28. The van der Waals surface area contributed by atoms with Crippen LogP contribution in [0, 0.1) is 11.3 Å². The molecular formula is C6H8N4O. The standard InChI is InChI=1S/C6H8N4O/c1-5(11)6(3-7)10-9-4-8-2/h4H,1-2H3,(H,8,9)/b10-6+. The summed E-state index contributed by atoms with van der Waals surface area (Å²) in [6.45, 7) is 1.27. The van der Waals surface area contributed by atoms with Gasteiger partial charge in [-0.05, 0) is 0 Å². The van der Waals surface area contributed by atoms with Gasteiger partial charge in [0.05, 0.1) is 0 Å². The minimum absolute atomic E-state index is 0.162. The Bertz CT molecular complexity index is 235. The summed E-state index contributed by atoms with van der Waals surface area (Å²) in [6, 6.07) is 1.64. The van der Waals surface area contributed by atoms with Crippen molar-refractivity contribution in [3.63, 3.8) is 0 Å². The minimum atomic E-state index is -0.371. The van der Waals surface area contributed by atoms with Crippen LogP contribution in [-0.4, -0.2) is 24.9 Å². The molecule has 0 fully saturated rings. The molecule has 0 aliphatic heterocycles. The third kappa shape index (κ3) is 3.81. The van der Waals surface area contributed by atoms with Crippen LogP contribution in [0.2, 0.25) is 0 Å². The van der Waals surface area contributed by atoms with Crippen molar-refractivity contribution < 1.29 is 4.79 Å². The zero-order valence-electron chi connectivity index (χ0n) is 6.33. The number of carbonyl (C=O) groups excluding carboxylic acids is 1. The molecule has 0 amide bonds. The first-order chi connectivity index (χ1) is 5.22. The van der Waals surface area contributed by atoms with Crippen LogP contribution in [0.15, 0.2) is 10.1 Å². The molecule has 0 saturated heterocycles. The van der Waals surface area contributed by atoms with Gasteiger partial charge in [-0.2, -0.15) is 10.4 Å². The Morgan fingerprint density at radius 1 is 1.73 bits per heavy atom. The monoisotopic (exact) mass is 152 g/mol. The van der Waals surface area contributed by atoms with Crippen LogP contribution in [0.1, 0.15) is 6.92 Å². The van der Waals surface area contributed by atoms with Crippen LogP contribution < -0.4 is 5.43 Å². The van der Waals surface area contributed by atoms with Crippen LogP contribution in [0.5, 0.6) is 0 Å². The van der Waals surface area contributed by atoms with Crippen molar-refractivity contribution in [3.05, 3.63) is 0 Å². The maximum atomic E-state index is 10.5. The van der Waals surface area contributed by atoms with Crippen molar-refractivity contribution in [2.24, 2.45) is 10.1 Å². The highest BCUT2D eigenvalue weighted by Crippen LogP contribution is 1.75. The normalized spacial score (nSPS) is 11.2. The number of hydrazone groups is 1. The number of nitriles is 1. The number of hydrogen-bond donors (Lipinski definition) is 1. The Kier molecular flexibility index (Phi) is 4.32. The lowest BCUT2D eigenvalue weighted by Crippen LogP contribution is -2.13. The third-order valence-electron chi connectivity index (χ3n) is 0.803. The first-order valence-corrected chi connectivity index (χ1v) is 2.87. The van der Waals surface area contributed by atoms with E-state index in [0.717, 1.165) is 0 Å². The number of Topliss-reactive ketones (excluding diaryl/α,β-unsaturated/α-hetero) is 1. The first-order valence-electron chi connectivity index (χ1n) is 2.87. The molecule has 0 saturated carbocycles. The average Bonchev–Trinajstić information content (AvgIpc) is 1.97.